The Kier molecular flexibility index (Phi) is 2.94. The zero-order valence-electron chi connectivity index (χ0n) is 10.2. The Morgan fingerprint density at radius 2 is 2.11 bits per heavy atom. The lowest BCUT2D eigenvalue weighted by Crippen LogP contribution is -2.18. The first-order chi connectivity index (χ1) is 8.86. The zero-order chi connectivity index (χ0) is 12.4. The van der Waals surface area contributed by atoms with Crippen LogP contribution in [0.3, 0.4) is 0 Å². The Bertz CT molecular complexity index is 522. The molecular formula is C14H15NO3. The average Bonchev–Trinajstić information content (AvgIpc) is 3.06. The molecule has 18 heavy (non-hydrogen) atoms. The second kappa shape index (κ2) is 4.74. The van der Waals surface area contributed by atoms with Gasteiger partial charge in [-0.3, -0.25) is 0 Å². The van der Waals surface area contributed by atoms with Gasteiger partial charge in [-0.15, -0.1) is 0 Å². The number of fused-ring (bicyclic) bond motifs is 1. The standard InChI is InChI=1S/C14H15NO3/c1-15-11(12-3-2-6-16-12)7-10-4-5-13-14(8-10)18-9-17-13/h2-6,8,11,15H,7,9H2,1H3. The second-order valence-corrected chi connectivity index (χ2v) is 4.25. The Labute approximate surface area is 106 Å². The van der Waals surface area contributed by atoms with Gasteiger partial charge in [0.2, 0.25) is 6.79 Å². The molecule has 0 saturated heterocycles. The van der Waals surface area contributed by atoms with Gasteiger partial charge in [0, 0.05) is 0 Å². The van der Waals surface area contributed by atoms with Gasteiger partial charge < -0.3 is 19.2 Å². The van der Waals surface area contributed by atoms with Crippen molar-refractivity contribution in [3.63, 3.8) is 0 Å². The summed E-state index contributed by atoms with van der Waals surface area (Å²) in [6.45, 7) is 0.312. The van der Waals surface area contributed by atoms with E-state index in [0.29, 0.717) is 6.79 Å². The second-order valence-electron chi connectivity index (χ2n) is 4.25. The molecule has 1 N–H and O–H groups in total. The first-order valence-electron chi connectivity index (χ1n) is 5.96. The Hall–Kier alpha value is -1.94. The topological polar surface area (TPSA) is 43.6 Å². The quantitative estimate of drug-likeness (QED) is 0.898. The van der Waals surface area contributed by atoms with Gasteiger partial charge in [0.25, 0.3) is 0 Å². The van der Waals surface area contributed by atoms with E-state index in [0.717, 1.165) is 23.7 Å². The summed E-state index contributed by atoms with van der Waals surface area (Å²) in [5.74, 6) is 2.58. The monoisotopic (exact) mass is 245 g/mol. The number of hydrogen-bond acceptors (Lipinski definition) is 4. The number of furan rings is 1. The van der Waals surface area contributed by atoms with Crippen LogP contribution in [0.4, 0.5) is 0 Å². The Morgan fingerprint density at radius 3 is 2.89 bits per heavy atom. The predicted molar refractivity (Wildman–Crippen MR) is 66.8 cm³/mol. The molecule has 0 radical (unpaired) electrons. The van der Waals surface area contributed by atoms with E-state index in [2.05, 4.69) is 11.4 Å². The molecule has 3 rings (SSSR count). The van der Waals surface area contributed by atoms with Gasteiger partial charge in [-0.25, -0.2) is 0 Å². The molecule has 2 heterocycles. The van der Waals surface area contributed by atoms with Crippen molar-refractivity contribution in [2.45, 2.75) is 12.5 Å². The zero-order valence-corrected chi connectivity index (χ0v) is 10.2. The molecular weight excluding hydrogens is 230 g/mol. The van der Waals surface area contributed by atoms with E-state index in [1.807, 2.05) is 31.3 Å². The molecule has 0 fully saturated rings. The van der Waals surface area contributed by atoms with Crippen molar-refractivity contribution in [3.05, 3.63) is 47.9 Å². The summed E-state index contributed by atoms with van der Waals surface area (Å²) in [6.07, 6.45) is 2.54. The number of benzene rings is 1. The van der Waals surface area contributed by atoms with Crippen LogP contribution in [0.2, 0.25) is 0 Å². The largest absolute Gasteiger partial charge is 0.468 e. The van der Waals surface area contributed by atoms with Gasteiger partial charge >= 0.3 is 0 Å². The van der Waals surface area contributed by atoms with E-state index >= 15 is 0 Å². The molecule has 0 aliphatic carbocycles. The molecule has 1 aliphatic rings. The van der Waals surface area contributed by atoms with E-state index in [4.69, 9.17) is 13.9 Å². The average molecular weight is 245 g/mol. The molecule has 2 aromatic rings. The molecule has 1 atom stereocenters. The highest BCUT2D eigenvalue weighted by molar-refractivity contribution is 5.44. The van der Waals surface area contributed by atoms with Gasteiger partial charge in [0.15, 0.2) is 11.5 Å². The maximum Gasteiger partial charge on any atom is 0.231 e. The van der Waals surface area contributed by atoms with Gasteiger partial charge in [-0.05, 0) is 43.3 Å². The van der Waals surface area contributed by atoms with Gasteiger partial charge in [-0.1, -0.05) is 6.07 Å². The van der Waals surface area contributed by atoms with E-state index in [9.17, 15) is 0 Å². The van der Waals surface area contributed by atoms with Crippen LogP contribution in [0.15, 0.2) is 41.0 Å². The summed E-state index contributed by atoms with van der Waals surface area (Å²) in [7, 11) is 1.93. The fraction of sp³-hybridized carbons (Fsp3) is 0.286. The summed E-state index contributed by atoms with van der Waals surface area (Å²) < 4.78 is 16.1. The summed E-state index contributed by atoms with van der Waals surface area (Å²) in [5, 5.41) is 3.25. The number of hydrogen-bond donors (Lipinski definition) is 1. The number of nitrogens with one attached hydrogen (secondary N) is 1. The SMILES string of the molecule is CNC(Cc1ccc2c(c1)OCO2)c1ccco1. The highest BCUT2D eigenvalue weighted by atomic mass is 16.7. The van der Waals surface area contributed by atoms with Crippen LogP contribution in [0.25, 0.3) is 0 Å². The summed E-state index contributed by atoms with van der Waals surface area (Å²) in [5.41, 5.74) is 1.19. The number of likely N-dealkylation sites (N-methyl/N-ethyl adjacent to an activating group) is 1. The molecule has 0 amide bonds. The Morgan fingerprint density at radius 1 is 1.22 bits per heavy atom. The molecule has 94 valence electrons. The summed E-state index contributed by atoms with van der Waals surface area (Å²) >= 11 is 0. The third kappa shape index (κ3) is 2.07. The van der Waals surface area contributed by atoms with Crippen molar-refractivity contribution in [3.8, 4) is 11.5 Å². The molecule has 1 aromatic carbocycles. The maximum absolute atomic E-state index is 5.43. The van der Waals surface area contributed by atoms with Crippen LogP contribution < -0.4 is 14.8 Å². The smallest absolute Gasteiger partial charge is 0.231 e. The van der Waals surface area contributed by atoms with Crippen LogP contribution in [-0.4, -0.2) is 13.8 Å². The minimum absolute atomic E-state index is 0.167. The molecule has 1 unspecified atom stereocenters. The molecule has 4 nitrogen and oxygen atoms in total. The molecule has 0 bridgehead atoms. The number of rotatable bonds is 4. The third-order valence-electron chi connectivity index (χ3n) is 3.11. The lowest BCUT2D eigenvalue weighted by molar-refractivity contribution is 0.174. The lowest BCUT2D eigenvalue weighted by atomic mass is 10.0. The van der Waals surface area contributed by atoms with E-state index in [1.165, 1.54) is 5.56 Å². The van der Waals surface area contributed by atoms with Gasteiger partial charge in [-0.2, -0.15) is 0 Å². The first kappa shape index (κ1) is 11.2. The van der Waals surface area contributed by atoms with E-state index < -0.39 is 0 Å². The van der Waals surface area contributed by atoms with Crippen molar-refractivity contribution >= 4 is 0 Å². The van der Waals surface area contributed by atoms with Crippen molar-refractivity contribution in [2.24, 2.45) is 0 Å². The van der Waals surface area contributed by atoms with Crippen molar-refractivity contribution in [1.29, 1.82) is 0 Å². The minimum Gasteiger partial charge on any atom is -0.468 e. The molecule has 1 aromatic heterocycles. The van der Waals surface area contributed by atoms with Crippen molar-refractivity contribution in [2.75, 3.05) is 13.8 Å². The third-order valence-corrected chi connectivity index (χ3v) is 3.11. The van der Waals surface area contributed by atoms with E-state index in [1.54, 1.807) is 6.26 Å². The lowest BCUT2D eigenvalue weighted by Gasteiger charge is -2.13. The Balaban J connectivity index is 1.79. The van der Waals surface area contributed by atoms with Crippen molar-refractivity contribution in [1.82, 2.24) is 5.32 Å². The summed E-state index contributed by atoms with van der Waals surface area (Å²) in [6, 6.07) is 10.1. The van der Waals surface area contributed by atoms with Crippen LogP contribution in [0.1, 0.15) is 17.4 Å². The molecule has 0 spiro atoms. The number of ether oxygens (including phenoxy) is 2. The highest BCUT2D eigenvalue weighted by Crippen LogP contribution is 2.33. The molecule has 1 aliphatic heterocycles. The van der Waals surface area contributed by atoms with Crippen LogP contribution in [0.5, 0.6) is 11.5 Å². The first-order valence-corrected chi connectivity index (χ1v) is 5.96. The normalized spacial score (nSPS) is 14.7. The molecule has 4 heteroatoms. The van der Waals surface area contributed by atoms with Gasteiger partial charge in [0.1, 0.15) is 5.76 Å². The summed E-state index contributed by atoms with van der Waals surface area (Å²) in [4.78, 5) is 0. The van der Waals surface area contributed by atoms with Crippen LogP contribution >= 0.6 is 0 Å². The fourth-order valence-electron chi connectivity index (χ4n) is 2.14. The fourth-order valence-corrected chi connectivity index (χ4v) is 2.14. The van der Waals surface area contributed by atoms with Crippen molar-refractivity contribution < 1.29 is 13.9 Å². The van der Waals surface area contributed by atoms with Crippen LogP contribution in [0, 0.1) is 0 Å². The highest BCUT2D eigenvalue weighted by Gasteiger charge is 2.17. The van der Waals surface area contributed by atoms with Gasteiger partial charge in [0.05, 0.1) is 12.3 Å². The minimum atomic E-state index is 0.167. The van der Waals surface area contributed by atoms with Crippen LogP contribution in [-0.2, 0) is 6.42 Å². The molecule has 0 saturated carbocycles. The van der Waals surface area contributed by atoms with E-state index in [-0.39, 0.29) is 6.04 Å². The maximum atomic E-state index is 5.43. The predicted octanol–water partition coefficient (Wildman–Crippen LogP) is 2.51.